The fourth-order valence-corrected chi connectivity index (χ4v) is 3.44. The summed E-state index contributed by atoms with van der Waals surface area (Å²) in [4.78, 5) is 27.3. The topological polar surface area (TPSA) is 71.0 Å². The van der Waals surface area contributed by atoms with E-state index in [-0.39, 0.29) is 17.6 Å². The van der Waals surface area contributed by atoms with Gasteiger partial charge in [-0.1, -0.05) is 11.6 Å². The van der Waals surface area contributed by atoms with E-state index in [0.29, 0.717) is 34.1 Å². The third kappa shape index (κ3) is 3.83. The van der Waals surface area contributed by atoms with Gasteiger partial charge in [0, 0.05) is 24.7 Å². The van der Waals surface area contributed by atoms with Crippen molar-refractivity contribution >= 4 is 40.0 Å². The number of benzene rings is 1. The van der Waals surface area contributed by atoms with E-state index in [0.717, 1.165) is 19.4 Å². The largest absolute Gasteiger partial charge is 0.355 e. The van der Waals surface area contributed by atoms with Gasteiger partial charge >= 0.3 is 0 Å². The number of halogens is 2. The molecule has 0 aliphatic carbocycles. The number of anilines is 2. The lowest BCUT2D eigenvalue weighted by molar-refractivity contribution is -0.120. The number of fused-ring (bicyclic) bond motifs is 1. The Balaban J connectivity index is 1.54. The van der Waals surface area contributed by atoms with Crippen LogP contribution < -0.4 is 10.2 Å². The molecule has 1 atom stereocenters. The molecule has 0 spiro atoms. The van der Waals surface area contributed by atoms with Crippen LogP contribution >= 0.6 is 11.6 Å². The first-order valence-corrected chi connectivity index (χ1v) is 9.05. The summed E-state index contributed by atoms with van der Waals surface area (Å²) in [7, 11) is 0. The molecule has 0 bridgehead atoms. The van der Waals surface area contributed by atoms with Gasteiger partial charge < -0.3 is 10.2 Å². The van der Waals surface area contributed by atoms with Crippen LogP contribution in [-0.4, -0.2) is 33.9 Å². The molecule has 27 heavy (non-hydrogen) atoms. The Kier molecular flexibility index (Phi) is 4.85. The maximum atomic E-state index is 13.7. The number of carbonyl (C=O) groups excluding carboxylic acids is 1. The molecule has 1 aliphatic heterocycles. The number of piperidine rings is 1. The monoisotopic (exact) mass is 385 g/mol. The normalized spacial score (nSPS) is 17.1. The number of hydrogen-bond donors (Lipinski definition) is 1. The van der Waals surface area contributed by atoms with Crippen molar-refractivity contribution in [3.8, 4) is 0 Å². The van der Waals surface area contributed by atoms with Crippen molar-refractivity contribution in [3.63, 3.8) is 0 Å². The summed E-state index contributed by atoms with van der Waals surface area (Å²) in [6.45, 7) is 1.26. The van der Waals surface area contributed by atoms with E-state index in [2.05, 4.69) is 20.3 Å². The van der Waals surface area contributed by atoms with Crippen LogP contribution in [0.2, 0.25) is 5.02 Å². The minimum atomic E-state index is -0.335. The molecule has 3 heterocycles. The Morgan fingerprint density at radius 1 is 1.22 bits per heavy atom. The first-order chi connectivity index (χ1) is 13.1. The third-order valence-corrected chi connectivity index (χ3v) is 4.87. The van der Waals surface area contributed by atoms with E-state index in [1.165, 1.54) is 24.7 Å². The minimum absolute atomic E-state index is 0.0981. The SMILES string of the molecule is O=C(Nc1ccc(Cl)cn1)C1CCCN(c2ncnc3ccc(F)cc23)C1. The number of carbonyl (C=O) groups is 1. The second-order valence-corrected chi connectivity index (χ2v) is 6.93. The molecule has 1 amide bonds. The molecule has 1 N–H and O–H groups in total. The first kappa shape index (κ1) is 17.6. The average molecular weight is 386 g/mol. The van der Waals surface area contributed by atoms with Crippen LogP contribution in [0.25, 0.3) is 10.9 Å². The number of nitrogens with one attached hydrogen (secondary N) is 1. The van der Waals surface area contributed by atoms with Crippen LogP contribution in [-0.2, 0) is 4.79 Å². The highest BCUT2D eigenvalue weighted by Crippen LogP contribution is 2.28. The molecule has 1 saturated heterocycles. The average Bonchev–Trinajstić information content (AvgIpc) is 2.69. The standard InChI is InChI=1S/C19H17ClFN5O/c20-13-3-6-17(22-9-13)25-19(27)12-2-1-7-26(10-12)18-15-8-14(21)4-5-16(15)23-11-24-18/h3-6,8-9,11-12H,1-2,7,10H2,(H,22,25,27). The van der Waals surface area contributed by atoms with Crippen LogP contribution in [0.4, 0.5) is 16.0 Å². The third-order valence-electron chi connectivity index (χ3n) is 4.65. The second-order valence-electron chi connectivity index (χ2n) is 6.49. The van der Waals surface area contributed by atoms with Crippen LogP contribution in [0.5, 0.6) is 0 Å². The molecular formula is C19H17ClFN5O. The van der Waals surface area contributed by atoms with E-state index >= 15 is 0 Å². The predicted octanol–water partition coefficient (Wildman–Crippen LogP) is 3.67. The maximum absolute atomic E-state index is 13.7. The zero-order valence-electron chi connectivity index (χ0n) is 14.4. The molecule has 1 aromatic carbocycles. The Morgan fingerprint density at radius 2 is 2.11 bits per heavy atom. The van der Waals surface area contributed by atoms with Gasteiger partial charge in [0.25, 0.3) is 0 Å². The van der Waals surface area contributed by atoms with Crippen molar-refractivity contribution in [2.75, 3.05) is 23.3 Å². The number of hydrogen-bond acceptors (Lipinski definition) is 5. The van der Waals surface area contributed by atoms with Gasteiger partial charge in [0.05, 0.1) is 16.5 Å². The van der Waals surface area contributed by atoms with Crippen LogP contribution in [0.1, 0.15) is 12.8 Å². The number of pyridine rings is 1. The van der Waals surface area contributed by atoms with Crippen molar-refractivity contribution in [2.45, 2.75) is 12.8 Å². The first-order valence-electron chi connectivity index (χ1n) is 8.68. The lowest BCUT2D eigenvalue weighted by atomic mass is 9.97. The van der Waals surface area contributed by atoms with Gasteiger partial charge in [0.15, 0.2) is 0 Å². The number of amides is 1. The van der Waals surface area contributed by atoms with Crippen molar-refractivity contribution < 1.29 is 9.18 Å². The lowest BCUT2D eigenvalue weighted by Crippen LogP contribution is -2.41. The summed E-state index contributed by atoms with van der Waals surface area (Å²) < 4.78 is 13.7. The van der Waals surface area contributed by atoms with Gasteiger partial charge in [-0.25, -0.2) is 19.3 Å². The highest BCUT2D eigenvalue weighted by Gasteiger charge is 2.27. The summed E-state index contributed by atoms with van der Waals surface area (Å²) >= 11 is 5.82. The second kappa shape index (κ2) is 7.44. The van der Waals surface area contributed by atoms with E-state index in [4.69, 9.17) is 11.6 Å². The number of aromatic nitrogens is 3. The van der Waals surface area contributed by atoms with Gasteiger partial charge in [-0.15, -0.1) is 0 Å². The summed E-state index contributed by atoms with van der Waals surface area (Å²) in [5, 5.41) is 3.99. The van der Waals surface area contributed by atoms with Gasteiger partial charge in [-0.3, -0.25) is 4.79 Å². The molecule has 1 unspecified atom stereocenters. The number of nitrogens with zero attached hydrogens (tertiary/aromatic N) is 4. The Bertz CT molecular complexity index is 982. The highest BCUT2D eigenvalue weighted by molar-refractivity contribution is 6.30. The summed E-state index contributed by atoms with van der Waals surface area (Å²) in [5.41, 5.74) is 0.679. The van der Waals surface area contributed by atoms with E-state index in [1.807, 2.05) is 4.90 Å². The molecule has 0 saturated carbocycles. The molecule has 8 heteroatoms. The van der Waals surface area contributed by atoms with Gasteiger partial charge in [-0.2, -0.15) is 0 Å². The molecule has 1 aliphatic rings. The smallest absolute Gasteiger partial charge is 0.230 e. The molecular weight excluding hydrogens is 369 g/mol. The minimum Gasteiger partial charge on any atom is -0.355 e. The number of rotatable bonds is 3. The molecule has 2 aromatic heterocycles. The molecule has 3 aromatic rings. The van der Waals surface area contributed by atoms with Crippen molar-refractivity contribution in [1.29, 1.82) is 0 Å². The predicted molar refractivity (Wildman–Crippen MR) is 102 cm³/mol. The Labute approximate surface area is 160 Å². The molecule has 138 valence electrons. The molecule has 1 fully saturated rings. The zero-order chi connectivity index (χ0) is 18.8. The maximum Gasteiger partial charge on any atom is 0.230 e. The Morgan fingerprint density at radius 3 is 2.93 bits per heavy atom. The zero-order valence-corrected chi connectivity index (χ0v) is 15.2. The van der Waals surface area contributed by atoms with Crippen LogP contribution in [0, 0.1) is 11.7 Å². The van der Waals surface area contributed by atoms with Gasteiger partial charge in [-0.05, 0) is 43.2 Å². The van der Waals surface area contributed by atoms with Gasteiger partial charge in [0.2, 0.25) is 5.91 Å². The fraction of sp³-hybridized carbons (Fsp3) is 0.263. The van der Waals surface area contributed by atoms with E-state index < -0.39 is 0 Å². The van der Waals surface area contributed by atoms with Crippen molar-refractivity contribution in [2.24, 2.45) is 5.92 Å². The fourth-order valence-electron chi connectivity index (χ4n) is 3.33. The van der Waals surface area contributed by atoms with Crippen LogP contribution in [0.3, 0.4) is 0 Å². The summed E-state index contributed by atoms with van der Waals surface area (Å²) in [6, 6.07) is 7.80. The van der Waals surface area contributed by atoms with Crippen molar-refractivity contribution in [1.82, 2.24) is 15.0 Å². The van der Waals surface area contributed by atoms with Crippen LogP contribution in [0.15, 0.2) is 42.9 Å². The highest BCUT2D eigenvalue weighted by atomic mass is 35.5. The molecule has 0 radical (unpaired) electrons. The summed E-state index contributed by atoms with van der Waals surface area (Å²) in [6.07, 6.45) is 4.57. The van der Waals surface area contributed by atoms with E-state index in [9.17, 15) is 9.18 Å². The van der Waals surface area contributed by atoms with Gasteiger partial charge in [0.1, 0.15) is 23.8 Å². The summed E-state index contributed by atoms with van der Waals surface area (Å²) in [5.74, 6) is 0.477. The molecule has 4 rings (SSSR count). The molecule has 6 nitrogen and oxygen atoms in total. The quantitative estimate of drug-likeness (QED) is 0.744. The van der Waals surface area contributed by atoms with E-state index in [1.54, 1.807) is 18.2 Å². The van der Waals surface area contributed by atoms with Crippen molar-refractivity contribution in [3.05, 3.63) is 53.7 Å². The lowest BCUT2D eigenvalue weighted by Gasteiger charge is -2.33. The Hall–Kier alpha value is -2.80.